The van der Waals surface area contributed by atoms with Gasteiger partial charge < -0.3 is 4.98 Å². The van der Waals surface area contributed by atoms with Crippen molar-refractivity contribution in [2.75, 3.05) is 0 Å². The monoisotopic (exact) mass is 500 g/mol. The van der Waals surface area contributed by atoms with Crippen molar-refractivity contribution in [3.05, 3.63) is 122 Å². The molecule has 9 heteroatoms. The summed E-state index contributed by atoms with van der Waals surface area (Å²) in [5, 5.41) is 13.1. The minimum Gasteiger partial charge on any atom is -0.321 e. The van der Waals surface area contributed by atoms with Gasteiger partial charge in [-0.05, 0) is 82.7 Å². The molecule has 0 saturated heterocycles. The van der Waals surface area contributed by atoms with E-state index in [9.17, 15) is 13.6 Å². The second-order valence-corrected chi connectivity index (χ2v) is 9.32. The fourth-order valence-electron chi connectivity index (χ4n) is 4.53. The quantitative estimate of drug-likeness (QED) is 0.335. The van der Waals surface area contributed by atoms with Crippen LogP contribution >= 0.6 is 0 Å². The maximum absolute atomic E-state index is 13.5. The maximum atomic E-state index is 13.5. The first-order valence-electron chi connectivity index (χ1n) is 11.9. The highest BCUT2D eigenvalue weighted by molar-refractivity contribution is 5.82. The number of aromatic nitrogens is 5. The number of benzene rings is 3. The third kappa shape index (κ3) is 5.78. The number of hydrogen-bond acceptors (Lipinski definition) is 5. The summed E-state index contributed by atoms with van der Waals surface area (Å²) in [6.07, 6.45) is 0. The number of halogens is 2. The number of aryl methyl sites for hydroxylation is 2. The Morgan fingerprint density at radius 3 is 2.24 bits per heavy atom. The van der Waals surface area contributed by atoms with Crippen LogP contribution < -0.4 is 5.56 Å². The van der Waals surface area contributed by atoms with Crippen molar-refractivity contribution in [2.45, 2.75) is 40.0 Å². The standard InChI is InChI=1S/C28H26F2N6O/c1-18-11-19(2)27-22(12-18)13-23(28(37)31-27)16-35(14-20-3-7-24(29)8-4-20)17-26-32-33-34-36(26)15-21-5-9-25(30)10-6-21/h3-13H,14-17H2,1-2H3,(H,31,37). The molecule has 0 bridgehead atoms. The molecule has 0 aliphatic heterocycles. The van der Waals surface area contributed by atoms with E-state index in [0.29, 0.717) is 37.6 Å². The van der Waals surface area contributed by atoms with Gasteiger partial charge in [-0.3, -0.25) is 9.69 Å². The molecule has 2 aromatic heterocycles. The molecule has 2 heterocycles. The molecular weight excluding hydrogens is 474 g/mol. The summed E-state index contributed by atoms with van der Waals surface area (Å²) >= 11 is 0. The number of hydrogen-bond donors (Lipinski definition) is 1. The summed E-state index contributed by atoms with van der Waals surface area (Å²) in [4.78, 5) is 18.1. The normalized spacial score (nSPS) is 11.5. The summed E-state index contributed by atoms with van der Waals surface area (Å²) in [6, 6.07) is 18.5. The van der Waals surface area contributed by atoms with Gasteiger partial charge in [0.25, 0.3) is 5.56 Å². The molecule has 37 heavy (non-hydrogen) atoms. The zero-order valence-corrected chi connectivity index (χ0v) is 20.6. The van der Waals surface area contributed by atoms with E-state index in [1.165, 1.54) is 24.3 Å². The van der Waals surface area contributed by atoms with Gasteiger partial charge in [0.2, 0.25) is 0 Å². The highest BCUT2D eigenvalue weighted by Gasteiger charge is 2.17. The van der Waals surface area contributed by atoms with Crippen LogP contribution in [-0.2, 0) is 26.2 Å². The van der Waals surface area contributed by atoms with Crippen LogP contribution in [0.1, 0.15) is 33.6 Å². The second-order valence-electron chi connectivity index (χ2n) is 9.32. The van der Waals surface area contributed by atoms with E-state index in [1.807, 2.05) is 30.9 Å². The lowest BCUT2D eigenvalue weighted by Crippen LogP contribution is -2.28. The van der Waals surface area contributed by atoms with Crippen LogP contribution in [-0.4, -0.2) is 30.1 Å². The molecule has 0 aliphatic carbocycles. The zero-order chi connectivity index (χ0) is 25.9. The Bertz CT molecular complexity index is 1590. The van der Waals surface area contributed by atoms with Crippen LogP contribution in [0.3, 0.4) is 0 Å². The molecule has 0 radical (unpaired) electrons. The van der Waals surface area contributed by atoms with Crippen LogP contribution in [0.2, 0.25) is 0 Å². The molecule has 5 aromatic rings. The van der Waals surface area contributed by atoms with Crippen LogP contribution in [0, 0.1) is 25.5 Å². The molecule has 3 aromatic carbocycles. The Labute approximate surface area is 212 Å². The minimum atomic E-state index is -0.310. The van der Waals surface area contributed by atoms with Gasteiger partial charge >= 0.3 is 0 Å². The van der Waals surface area contributed by atoms with Crippen LogP contribution in [0.15, 0.2) is 71.5 Å². The molecule has 0 spiro atoms. The number of H-pyrrole nitrogens is 1. The number of fused-ring (bicyclic) bond motifs is 1. The van der Waals surface area contributed by atoms with E-state index in [1.54, 1.807) is 28.9 Å². The predicted octanol–water partition coefficient (Wildman–Crippen LogP) is 4.66. The maximum Gasteiger partial charge on any atom is 0.252 e. The number of aromatic amines is 1. The van der Waals surface area contributed by atoms with Gasteiger partial charge in [0.1, 0.15) is 11.6 Å². The predicted molar refractivity (Wildman–Crippen MR) is 137 cm³/mol. The number of rotatable bonds is 8. The third-order valence-electron chi connectivity index (χ3n) is 6.30. The Morgan fingerprint density at radius 1 is 0.865 bits per heavy atom. The first-order chi connectivity index (χ1) is 17.8. The van der Waals surface area contributed by atoms with E-state index in [4.69, 9.17) is 0 Å². The molecule has 7 nitrogen and oxygen atoms in total. The smallest absolute Gasteiger partial charge is 0.252 e. The molecule has 5 rings (SSSR count). The van der Waals surface area contributed by atoms with Gasteiger partial charge in [-0.1, -0.05) is 35.9 Å². The van der Waals surface area contributed by atoms with Crippen molar-refractivity contribution in [3.63, 3.8) is 0 Å². The van der Waals surface area contributed by atoms with Gasteiger partial charge in [0, 0.05) is 18.7 Å². The molecular formula is C28H26F2N6O. The SMILES string of the molecule is Cc1cc(C)c2[nH]c(=O)c(CN(Cc3ccc(F)cc3)Cc3nnnn3Cc3ccc(F)cc3)cc2c1. The average molecular weight is 501 g/mol. The van der Waals surface area contributed by atoms with E-state index < -0.39 is 0 Å². The van der Waals surface area contributed by atoms with Crippen LogP contribution in [0.5, 0.6) is 0 Å². The largest absolute Gasteiger partial charge is 0.321 e. The van der Waals surface area contributed by atoms with Crippen LogP contribution in [0.4, 0.5) is 8.78 Å². The van der Waals surface area contributed by atoms with Gasteiger partial charge in [-0.2, -0.15) is 0 Å². The Balaban J connectivity index is 1.45. The van der Waals surface area contributed by atoms with Gasteiger partial charge in [0.05, 0.1) is 18.6 Å². The van der Waals surface area contributed by atoms with Crippen molar-refractivity contribution in [1.82, 2.24) is 30.1 Å². The number of nitrogens with zero attached hydrogens (tertiary/aromatic N) is 5. The Hall–Kier alpha value is -4.24. The zero-order valence-electron chi connectivity index (χ0n) is 20.6. The van der Waals surface area contributed by atoms with Crippen molar-refractivity contribution in [2.24, 2.45) is 0 Å². The lowest BCUT2D eigenvalue weighted by molar-refractivity contribution is 0.236. The summed E-state index contributed by atoms with van der Waals surface area (Å²) in [6.45, 7) is 5.51. The topological polar surface area (TPSA) is 79.7 Å². The highest BCUT2D eigenvalue weighted by Crippen LogP contribution is 2.20. The van der Waals surface area contributed by atoms with Crippen molar-refractivity contribution in [3.8, 4) is 0 Å². The minimum absolute atomic E-state index is 0.158. The molecule has 0 saturated carbocycles. The number of tetrazole rings is 1. The number of pyridine rings is 1. The van der Waals surface area contributed by atoms with E-state index in [-0.39, 0.29) is 17.2 Å². The molecule has 188 valence electrons. The first-order valence-corrected chi connectivity index (χ1v) is 11.9. The molecule has 0 amide bonds. The molecule has 0 unspecified atom stereocenters. The Morgan fingerprint density at radius 2 is 1.54 bits per heavy atom. The fourth-order valence-corrected chi connectivity index (χ4v) is 4.53. The molecule has 0 atom stereocenters. The van der Waals surface area contributed by atoms with Gasteiger partial charge in [0.15, 0.2) is 5.82 Å². The number of nitrogens with one attached hydrogen (secondary N) is 1. The van der Waals surface area contributed by atoms with E-state index in [2.05, 4.69) is 26.6 Å². The Kier molecular flexibility index (Phi) is 6.87. The summed E-state index contributed by atoms with van der Waals surface area (Å²) in [5.41, 5.74) is 5.16. The van der Waals surface area contributed by atoms with Crippen molar-refractivity contribution >= 4 is 10.9 Å². The van der Waals surface area contributed by atoms with E-state index in [0.717, 1.165) is 33.2 Å². The molecule has 1 N–H and O–H groups in total. The van der Waals surface area contributed by atoms with Crippen LogP contribution in [0.25, 0.3) is 10.9 Å². The lowest BCUT2D eigenvalue weighted by atomic mass is 10.0. The average Bonchev–Trinajstić information content (AvgIpc) is 3.29. The van der Waals surface area contributed by atoms with Crippen molar-refractivity contribution in [1.29, 1.82) is 0 Å². The third-order valence-corrected chi connectivity index (χ3v) is 6.30. The first kappa shape index (κ1) is 24.5. The molecule has 0 aliphatic rings. The van der Waals surface area contributed by atoms with E-state index >= 15 is 0 Å². The fraction of sp³-hybridized carbons (Fsp3) is 0.214. The van der Waals surface area contributed by atoms with Gasteiger partial charge in [-0.25, -0.2) is 13.5 Å². The highest BCUT2D eigenvalue weighted by atomic mass is 19.1. The molecule has 0 fully saturated rings. The summed E-state index contributed by atoms with van der Waals surface area (Å²) in [7, 11) is 0. The van der Waals surface area contributed by atoms with Gasteiger partial charge in [-0.15, -0.1) is 5.10 Å². The summed E-state index contributed by atoms with van der Waals surface area (Å²) < 4.78 is 28.5. The lowest BCUT2D eigenvalue weighted by Gasteiger charge is -2.22. The second kappa shape index (κ2) is 10.4. The summed E-state index contributed by atoms with van der Waals surface area (Å²) in [5.74, 6) is -0.0252. The van der Waals surface area contributed by atoms with Crippen molar-refractivity contribution < 1.29 is 8.78 Å².